The average molecular weight is 183 g/mol. The minimum absolute atomic E-state index is 0.130. The summed E-state index contributed by atoms with van der Waals surface area (Å²) in [6.45, 7) is 3.94. The van der Waals surface area contributed by atoms with Crippen LogP contribution in [0.4, 0.5) is 0 Å². The second-order valence-electron chi connectivity index (χ2n) is 4.44. The summed E-state index contributed by atoms with van der Waals surface area (Å²) in [5, 5.41) is 9.00. The molecule has 2 unspecified atom stereocenters. The molecule has 0 bridgehead atoms. The minimum Gasteiger partial charge on any atom is -0.481 e. The van der Waals surface area contributed by atoms with Crippen LogP contribution in [0.3, 0.4) is 0 Å². The van der Waals surface area contributed by atoms with Crippen molar-refractivity contribution in [3.05, 3.63) is 0 Å². The van der Waals surface area contributed by atoms with Gasteiger partial charge in [0.25, 0.3) is 0 Å². The van der Waals surface area contributed by atoms with Gasteiger partial charge in [-0.1, -0.05) is 6.92 Å². The molecule has 1 heterocycles. The highest BCUT2D eigenvalue weighted by Crippen LogP contribution is 2.33. The van der Waals surface area contributed by atoms with E-state index in [9.17, 15) is 4.79 Å². The van der Waals surface area contributed by atoms with Gasteiger partial charge in [-0.15, -0.1) is 0 Å². The second kappa shape index (κ2) is 3.29. The van der Waals surface area contributed by atoms with E-state index in [1.54, 1.807) is 0 Å². The minimum atomic E-state index is -0.613. The van der Waals surface area contributed by atoms with Crippen LogP contribution in [0.25, 0.3) is 0 Å². The number of likely N-dealkylation sites (tertiary alicyclic amines) is 1. The monoisotopic (exact) mass is 183 g/mol. The molecule has 3 nitrogen and oxygen atoms in total. The van der Waals surface area contributed by atoms with Gasteiger partial charge in [0.15, 0.2) is 0 Å². The third-order valence-electron chi connectivity index (χ3n) is 3.37. The zero-order valence-electron chi connectivity index (χ0n) is 8.07. The highest BCUT2D eigenvalue weighted by Gasteiger charge is 2.37. The number of hydrogen-bond acceptors (Lipinski definition) is 2. The van der Waals surface area contributed by atoms with Gasteiger partial charge in [-0.2, -0.15) is 0 Å². The molecule has 2 atom stereocenters. The number of nitrogens with zero attached hydrogens (tertiary/aromatic N) is 1. The summed E-state index contributed by atoms with van der Waals surface area (Å²) < 4.78 is 0. The number of carboxylic acid groups (broad SMARTS) is 1. The highest BCUT2D eigenvalue weighted by molar-refractivity contribution is 5.70. The largest absolute Gasteiger partial charge is 0.481 e. The maximum atomic E-state index is 10.9. The van der Waals surface area contributed by atoms with Gasteiger partial charge in [0.05, 0.1) is 5.92 Å². The van der Waals surface area contributed by atoms with Crippen LogP contribution in [-0.4, -0.2) is 35.1 Å². The van der Waals surface area contributed by atoms with Crippen molar-refractivity contribution < 1.29 is 9.90 Å². The number of carbonyl (C=O) groups is 1. The summed E-state index contributed by atoms with van der Waals surface area (Å²) in [6, 6.07) is 0.717. The summed E-state index contributed by atoms with van der Waals surface area (Å²) in [6.07, 6.45) is 3.61. The molecule has 0 spiro atoms. The maximum absolute atomic E-state index is 10.9. The number of hydrogen-bond donors (Lipinski definition) is 1. The lowest BCUT2D eigenvalue weighted by molar-refractivity contribution is -0.145. The molecule has 0 aromatic rings. The lowest BCUT2D eigenvalue weighted by Gasteiger charge is -2.34. The Bertz CT molecular complexity index is 213. The van der Waals surface area contributed by atoms with Crippen molar-refractivity contribution in [2.24, 2.45) is 11.8 Å². The Kier molecular flexibility index (Phi) is 2.28. The SMILES string of the molecule is CC1CCN(C2CC2)CC1C(=O)O. The molecule has 2 fully saturated rings. The molecule has 1 N–H and O–H groups in total. The molecule has 2 rings (SSSR count). The van der Waals surface area contributed by atoms with Crippen LogP contribution < -0.4 is 0 Å². The van der Waals surface area contributed by atoms with Gasteiger partial charge < -0.3 is 5.11 Å². The van der Waals surface area contributed by atoms with Crippen LogP contribution in [0.5, 0.6) is 0 Å². The van der Waals surface area contributed by atoms with Gasteiger partial charge in [0.1, 0.15) is 0 Å². The highest BCUT2D eigenvalue weighted by atomic mass is 16.4. The molecule has 0 aromatic heterocycles. The molecule has 3 heteroatoms. The summed E-state index contributed by atoms with van der Waals surface area (Å²) in [5.74, 6) is -0.389. The van der Waals surface area contributed by atoms with Crippen LogP contribution in [0, 0.1) is 11.8 Å². The Morgan fingerprint density at radius 2 is 2.08 bits per heavy atom. The normalized spacial score (nSPS) is 36.1. The molecule has 0 amide bonds. The topological polar surface area (TPSA) is 40.5 Å². The molecule has 2 aliphatic rings. The van der Waals surface area contributed by atoms with E-state index >= 15 is 0 Å². The Hall–Kier alpha value is -0.570. The molecular formula is C10H17NO2. The first-order valence-electron chi connectivity index (χ1n) is 5.15. The fraction of sp³-hybridized carbons (Fsp3) is 0.900. The van der Waals surface area contributed by atoms with Crippen molar-refractivity contribution in [2.75, 3.05) is 13.1 Å². The molecule has 1 aliphatic carbocycles. The number of piperidine rings is 1. The Morgan fingerprint density at radius 1 is 1.38 bits per heavy atom. The van der Waals surface area contributed by atoms with Crippen LogP contribution in [0.1, 0.15) is 26.2 Å². The summed E-state index contributed by atoms with van der Waals surface area (Å²) in [4.78, 5) is 13.3. The first-order chi connectivity index (χ1) is 6.18. The maximum Gasteiger partial charge on any atom is 0.308 e. The number of aliphatic carboxylic acids is 1. The van der Waals surface area contributed by atoms with Crippen molar-refractivity contribution in [3.63, 3.8) is 0 Å². The lowest BCUT2D eigenvalue weighted by atomic mass is 9.87. The van der Waals surface area contributed by atoms with Crippen molar-refractivity contribution in [3.8, 4) is 0 Å². The Labute approximate surface area is 78.7 Å². The van der Waals surface area contributed by atoms with E-state index in [2.05, 4.69) is 11.8 Å². The van der Waals surface area contributed by atoms with Crippen LogP contribution in [-0.2, 0) is 4.79 Å². The van der Waals surface area contributed by atoms with Crippen molar-refractivity contribution in [2.45, 2.75) is 32.2 Å². The zero-order chi connectivity index (χ0) is 9.42. The quantitative estimate of drug-likeness (QED) is 0.699. The van der Waals surface area contributed by atoms with E-state index in [0.29, 0.717) is 12.0 Å². The molecule has 0 aromatic carbocycles. The molecular weight excluding hydrogens is 166 g/mol. The van der Waals surface area contributed by atoms with Gasteiger partial charge in [0.2, 0.25) is 0 Å². The van der Waals surface area contributed by atoms with Gasteiger partial charge in [-0.05, 0) is 31.7 Å². The molecule has 13 heavy (non-hydrogen) atoms. The van der Waals surface area contributed by atoms with Crippen molar-refractivity contribution in [1.82, 2.24) is 4.90 Å². The van der Waals surface area contributed by atoms with Crippen LogP contribution in [0.2, 0.25) is 0 Å². The molecule has 1 saturated carbocycles. The summed E-state index contributed by atoms with van der Waals surface area (Å²) in [5.41, 5.74) is 0. The standard InChI is InChI=1S/C10H17NO2/c1-7-4-5-11(8-2-3-8)6-9(7)10(12)13/h7-9H,2-6H2,1H3,(H,12,13). The molecule has 0 radical (unpaired) electrons. The Morgan fingerprint density at radius 3 is 2.62 bits per heavy atom. The smallest absolute Gasteiger partial charge is 0.308 e. The first kappa shape index (κ1) is 9.00. The van der Waals surface area contributed by atoms with Gasteiger partial charge in [0, 0.05) is 12.6 Å². The fourth-order valence-electron chi connectivity index (χ4n) is 2.19. The van der Waals surface area contributed by atoms with E-state index in [-0.39, 0.29) is 5.92 Å². The predicted molar refractivity (Wildman–Crippen MR) is 49.5 cm³/mol. The average Bonchev–Trinajstić information content (AvgIpc) is 2.87. The van der Waals surface area contributed by atoms with Gasteiger partial charge >= 0.3 is 5.97 Å². The third kappa shape index (κ3) is 1.85. The lowest BCUT2D eigenvalue weighted by Crippen LogP contribution is -2.43. The van der Waals surface area contributed by atoms with Crippen LogP contribution in [0.15, 0.2) is 0 Å². The summed E-state index contributed by atoms with van der Waals surface area (Å²) in [7, 11) is 0. The zero-order valence-corrected chi connectivity index (χ0v) is 8.07. The van der Waals surface area contributed by atoms with E-state index in [4.69, 9.17) is 5.11 Å². The molecule has 1 saturated heterocycles. The van der Waals surface area contributed by atoms with Crippen molar-refractivity contribution in [1.29, 1.82) is 0 Å². The van der Waals surface area contributed by atoms with E-state index in [1.165, 1.54) is 12.8 Å². The number of rotatable bonds is 2. The molecule has 74 valence electrons. The van der Waals surface area contributed by atoms with Crippen molar-refractivity contribution >= 4 is 5.97 Å². The predicted octanol–water partition coefficient (Wildman–Crippen LogP) is 1.19. The fourth-order valence-corrected chi connectivity index (χ4v) is 2.19. The van der Waals surface area contributed by atoms with E-state index in [1.807, 2.05) is 0 Å². The first-order valence-corrected chi connectivity index (χ1v) is 5.15. The second-order valence-corrected chi connectivity index (χ2v) is 4.44. The van der Waals surface area contributed by atoms with E-state index in [0.717, 1.165) is 19.5 Å². The Balaban J connectivity index is 1.96. The third-order valence-corrected chi connectivity index (χ3v) is 3.37. The van der Waals surface area contributed by atoms with Crippen LogP contribution >= 0.6 is 0 Å². The van der Waals surface area contributed by atoms with E-state index < -0.39 is 5.97 Å². The summed E-state index contributed by atoms with van der Waals surface area (Å²) >= 11 is 0. The number of carboxylic acids is 1. The molecule has 1 aliphatic heterocycles. The van der Waals surface area contributed by atoms with Gasteiger partial charge in [-0.25, -0.2) is 0 Å². The van der Waals surface area contributed by atoms with Gasteiger partial charge in [-0.3, -0.25) is 9.69 Å².